The van der Waals surface area contributed by atoms with E-state index in [0.717, 1.165) is 37.0 Å². The third-order valence-electron chi connectivity index (χ3n) is 5.21. The minimum absolute atomic E-state index is 0. The van der Waals surface area contributed by atoms with E-state index in [2.05, 4.69) is 56.7 Å². The molecule has 6 nitrogen and oxygen atoms in total. The van der Waals surface area contributed by atoms with Crippen molar-refractivity contribution in [3.05, 3.63) is 52.7 Å². The highest BCUT2D eigenvalue weighted by atomic mass is 127. The van der Waals surface area contributed by atoms with Crippen LogP contribution >= 0.6 is 24.0 Å². The van der Waals surface area contributed by atoms with Gasteiger partial charge in [-0.15, -0.1) is 24.0 Å². The zero-order valence-corrected chi connectivity index (χ0v) is 19.6. The summed E-state index contributed by atoms with van der Waals surface area (Å²) < 4.78 is 5.63. The lowest BCUT2D eigenvalue weighted by molar-refractivity contribution is 0.245. The molecule has 1 unspecified atom stereocenters. The third kappa shape index (κ3) is 5.94. The van der Waals surface area contributed by atoms with Gasteiger partial charge in [0.1, 0.15) is 5.76 Å². The number of guanidine groups is 1. The molecule has 1 saturated heterocycles. The molecule has 1 aliphatic rings. The molecule has 1 fully saturated rings. The second kappa shape index (κ2) is 10.8. The second-order valence-corrected chi connectivity index (χ2v) is 7.23. The number of hydrogen-bond acceptors (Lipinski definition) is 4. The van der Waals surface area contributed by atoms with Gasteiger partial charge >= 0.3 is 0 Å². The van der Waals surface area contributed by atoms with E-state index in [1.807, 2.05) is 13.8 Å². The maximum Gasteiger partial charge on any atom is 0.214 e. The van der Waals surface area contributed by atoms with E-state index in [1.54, 1.807) is 7.05 Å². The Balaban J connectivity index is 0.00000280. The van der Waals surface area contributed by atoms with Crippen LogP contribution in [0.3, 0.4) is 0 Å². The van der Waals surface area contributed by atoms with E-state index in [9.17, 15) is 0 Å². The van der Waals surface area contributed by atoms with Crippen molar-refractivity contribution in [2.45, 2.75) is 46.2 Å². The summed E-state index contributed by atoms with van der Waals surface area (Å²) in [5.41, 5.74) is 3.58. The molecule has 0 radical (unpaired) electrons. The summed E-state index contributed by atoms with van der Waals surface area (Å²) in [6.45, 7) is 9.66. The third-order valence-corrected chi connectivity index (χ3v) is 5.21. The van der Waals surface area contributed by atoms with Crippen molar-refractivity contribution in [3.8, 4) is 0 Å². The van der Waals surface area contributed by atoms with Crippen LogP contribution in [0.4, 0.5) is 0 Å². The fraction of sp³-hybridized carbons (Fsp3) is 0.524. The summed E-state index contributed by atoms with van der Waals surface area (Å²) in [4.78, 5) is 11.3. The fourth-order valence-corrected chi connectivity index (χ4v) is 3.49. The number of aliphatic imine (C=N–C) groups is 1. The molecule has 2 N–H and O–H groups in total. The monoisotopic (exact) mass is 497 g/mol. The van der Waals surface area contributed by atoms with Crippen molar-refractivity contribution in [2.24, 2.45) is 4.99 Å². The first-order valence-electron chi connectivity index (χ1n) is 9.75. The Morgan fingerprint density at radius 2 is 1.82 bits per heavy atom. The van der Waals surface area contributed by atoms with Crippen LogP contribution in [0.2, 0.25) is 0 Å². The molecular weight excluding hydrogens is 465 g/mol. The maximum atomic E-state index is 5.63. The van der Waals surface area contributed by atoms with E-state index >= 15 is 0 Å². The van der Waals surface area contributed by atoms with Crippen LogP contribution in [0.15, 0.2) is 33.7 Å². The fourth-order valence-electron chi connectivity index (χ4n) is 3.49. The van der Waals surface area contributed by atoms with Crippen LogP contribution in [0.1, 0.15) is 47.4 Å². The van der Waals surface area contributed by atoms with Gasteiger partial charge in [0.25, 0.3) is 0 Å². The molecule has 0 spiro atoms. The van der Waals surface area contributed by atoms with Gasteiger partial charge in [0.15, 0.2) is 5.96 Å². The molecule has 0 amide bonds. The predicted octanol–water partition coefficient (Wildman–Crippen LogP) is 3.72. The quantitative estimate of drug-likeness (QED) is 0.362. The van der Waals surface area contributed by atoms with E-state index in [0.29, 0.717) is 18.5 Å². The highest BCUT2D eigenvalue weighted by Gasteiger charge is 2.23. The van der Waals surface area contributed by atoms with Crippen molar-refractivity contribution < 1.29 is 4.42 Å². The Morgan fingerprint density at radius 1 is 1.14 bits per heavy atom. The van der Waals surface area contributed by atoms with Crippen LogP contribution in [0.5, 0.6) is 0 Å². The first-order chi connectivity index (χ1) is 13.1. The number of hydrogen-bond donors (Lipinski definition) is 2. The van der Waals surface area contributed by atoms with Crippen LogP contribution in [0.25, 0.3) is 0 Å². The van der Waals surface area contributed by atoms with Gasteiger partial charge in [-0.25, -0.2) is 4.98 Å². The molecule has 0 aliphatic carbocycles. The topological polar surface area (TPSA) is 65.7 Å². The van der Waals surface area contributed by atoms with Gasteiger partial charge < -0.3 is 15.1 Å². The Bertz CT molecular complexity index is 746. The van der Waals surface area contributed by atoms with Gasteiger partial charge in [-0.05, 0) is 52.3 Å². The number of halogens is 1. The molecular formula is C21H32IN5O. The first kappa shape index (κ1) is 22.7. The summed E-state index contributed by atoms with van der Waals surface area (Å²) in [6, 6.07) is 9.22. The summed E-state index contributed by atoms with van der Waals surface area (Å²) in [5, 5.41) is 6.78. The normalized spacial score (nSPS) is 15.9. The molecule has 7 heteroatoms. The smallest absolute Gasteiger partial charge is 0.214 e. The largest absolute Gasteiger partial charge is 0.444 e. The molecule has 1 atom stereocenters. The van der Waals surface area contributed by atoms with Crippen LogP contribution in [-0.2, 0) is 6.54 Å². The van der Waals surface area contributed by atoms with E-state index in [1.165, 1.54) is 24.0 Å². The average molecular weight is 497 g/mol. The zero-order chi connectivity index (χ0) is 19.2. The second-order valence-electron chi connectivity index (χ2n) is 7.23. The minimum Gasteiger partial charge on any atom is -0.444 e. The highest BCUT2D eigenvalue weighted by molar-refractivity contribution is 14.0. The number of aryl methyl sites for hydroxylation is 3. The van der Waals surface area contributed by atoms with Crippen molar-refractivity contribution >= 4 is 29.9 Å². The Kier molecular flexibility index (Phi) is 8.75. The maximum absolute atomic E-state index is 5.63. The van der Waals surface area contributed by atoms with Gasteiger partial charge in [0, 0.05) is 13.6 Å². The SMILES string of the molecule is CN=C(NCc1nc(C)c(C)o1)NCC(c1ccc(C)cc1)N1CCCC1.I. The van der Waals surface area contributed by atoms with Crippen molar-refractivity contribution in [1.82, 2.24) is 20.5 Å². The van der Waals surface area contributed by atoms with Crippen LogP contribution < -0.4 is 10.6 Å². The molecule has 28 heavy (non-hydrogen) atoms. The summed E-state index contributed by atoms with van der Waals surface area (Å²) in [5.74, 6) is 2.31. The lowest BCUT2D eigenvalue weighted by Crippen LogP contribution is -2.42. The van der Waals surface area contributed by atoms with Crippen LogP contribution in [-0.4, -0.2) is 42.5 Å². The van der Waals surface area contributed by atoms with Gasteiger partial charge in [-0.3, -0.25) is 9.89 Å². The average Bonchev–Trinajstić information content (AvgIpc) is 3.30. The number of aromatic nitrogens is 1. The Labute approximate surface area is 185 Å². The van der Waals surface area contributed by atoms with Gasteiger partial charge in [-0.2, -0.15) is 0 Å². The standard InChI is InChI=1S/C21H31N5O.HI/c1-15-7-9-18(10-8-15)19(26-11-5-6-12-26)13-23-21(22-4)24-14-20-25-16(2)17(3)27-20;/h7-10,19H,5-6,11-14H2,1-4H3,(H2,22,23,24);1H. The van der Waals surface area contributed by atoms with Gasteiger partial charge in [0.2, 0.25) is 5.89 Å². The number of benzene rings is 1. The Morgan fingerprint density at radius 3 is 2.39 bits per heavy atom. The molecule has 2 heterocycles. The predicted molar refractivity (Wildman–Crippen MR) is 124 cm³/mol. The molecule has 0 saturated carbocycles. The molecule has 2 aromatic rings. The number of nitrogens with zero attached hydrogens (tertiary/aromatic N) is 3. The van der Waals surface area contributed by atoms with Crippen molar-refractivity contribution in [1.29, 1.82) is 0 Å². The summed E-state index contributed by atoms with van der Waals surface area (Å²) >= 11 is 0. The number of nitrogens with one attached hydrogen (secondary N) is 2. The van der Waals surface area contributed by atoms with Gasteiger partial charge in [0.05, 0.1) is 18.3 Å². The van der Waals surface area contributed by atoms with Crippen molar-refractivity contribution in [2.75, 3.05) is 26.7 Å². The van der Waals surface area contributed by atoms with E-state index in [-0.39, 0.29) is 24.0 Å². The van der Waals surface area contributed by atoms with E-state index < -0.39 is 0 Å². The molecule has 0 bridgehead atoms. The van der Waals surface area contributed by atoms with Gasteiger partial charge in [-0.1, -0.05) is 29.8 Å². The number of likely N-dealkylation sites (tertiary alicyclic amines) is 1. The van der Waals surface area contributed by atoms with Crippen molar-refractivity contribution in [3.63, 3.8) is 0 Å². The lowest BCUT2D eigenvalue weighted by Gasteiger charge is -2.29. The molecule has 3 rings (SSSR count). The molecule has 1 aromatic carbocycles. The number of rotatable bonds is 6. The summed E-state index contributed by atoms with van der Waals surface area (Å²) in [7, 11) is 1.79. The minimum atomic E-state index is 0. The molecule has 1 aliphatic heterocycles. The lowest BCUT2D eigenvalue weighted by atomic mass is 10.0. The summed E-state index contributed by atoms with van der Waals surface area (Å²) in [6.07, 6.45) is 2.55. The molecule has 154 valence electrons. The molecule has 1 aromatic heterocycles. The van der Waals surface area contributed by atoms with E-state index in [4.69, 9.17) is 4.42 Å². The van der Waals surface area contributed by atoms with Crippen LogP contribution in [0, 0.1) is 20.8 Å². The Hall–Kier alpha value is -1.61. The highest BCUT2D eigenvalue weighted by Crippen LogP contribution is 2.24. The first-order valence-corrected chi connectivity index (χ1v) is 9.75. The number of oxazole rings is 1. The zero-order valence-electron chi connectivity index (χ0n) is 17.3.